The van der Waals surface area contributed by atoms with Crippen LogP contribution in [0.15, 0.2) is 60.7 Å². The fourth-order valence-corrected chi connectivity index (χ4v) is 5.68. The summed E-state index contributed by atoms with van der Waals surface area (Å²) < 4.78 is 22.1. The van der Waals surface area contributed by atoms with E-state index in [-0.39, 0.29) is 29.5 Å². The third kappa shape index (κ3) is 4.31. The van der Waals surface area contributed by atoms with Crippen molar-refractivity contribution in [3.05, 3.63) is 104 Å². The zero-order valence-corrected chi connectivity index (χ0v) is 21.3. The van der Waals surface area contributed by atoms with Crippen LogP contribution >= 0.6 is 23.2 Å². The third-order valence-corrected chi connectivity index (χ3v) is 7.77. The van der Waals surface area contributed by atoms with Crippen molar-refractivity contribution in [3.8, 4) is 0 Å². The number of aliphatic hydroxyl groups excluding tert-OH is 1. The van der Waals surface area contributed by atoms with Crippen molar-refractivity contribution in [2.24, 2.45) is 5.92 Å². The second kappa shape index (κ2) is 10.1. The van der Waals surface area contributed by atoms with Gasteiger partial charge in [0.15, 0.2) is 5.72 Å². The number of benzene rings is 3. The summed E-state index contributed by atoms with van der Waals surface area (Å²) >= 11 is 12.2. The molecule has 2 aliphatic rings. The first-order valence-electron chi connectivity index (χ1n) is 12.0. The minimum Gasteiger partial charge on any atom is -0.388 e. The van der Waals surface area contributed by atoms with Gasteiger partial charge in [-0.1, -0.05) is 47.5 Å². The second-order valence-corrected chi connectivity index (χ2v) is 10.2. The molecular formula is C28H27Cl2FN2O3. The first-order valence-corrected chi connectivity index (χ1v) is 12.7. The summed E-state index contributed by atoms with van der Waals surface area (Å²) in [4.78, 5) is 15.4. The highest BCUT2D eigenvalue weighted by molar-refractivity contribution is 6.30. The number of fused-ring (bicyclic) bond motifs is 1. The molecule has 1 saturated heterocycles. The minimum absolute atomic E-state index is 0.00572. The van der Waals surface area contributed by atoms with Gasteiger partial charge in [0, 0.05) is 29.3 Å². The molecule has 3 aromatic carbocycles. The molecule has 0 radical (unpaired) electrons. The normalized spacial score (nSPS) is 21.0. The topological polar surface area (TPSA) is 61.8 Å². The lowest BCUT2D eigenvalue weighted by atomic mass is 9.85. The van der Waals surface area contributed by atoms with Crippen LogP contribution in [0.1, 0.15) is 51.6 Å². The van der Waals surface area contributed by atoms with Gasteiger partial charge in [-0.05, 0) is 79.4 Å². The van der Waals surface area contributed by atoms with E-state index in [1.165, 1.54) is 18.1 Å². The van der Waals surface area contributed by atoms with E-state index < -0.39 is 17.6 Å². The molecule has 2 atom stereocenters. The third-order valence-electron chi connectivity index (χ3n) is 7.26. The fraction of sp³-hybridized carbons (Fsp3) is 0.321. The lowest BCUT2D eigenvalue weighted by molar-refractivity contribution is -0.0881. The largest absolute Gasteiger partial charge is 0.388 e. The lowest BCUT2D eigenvalue weighted by Crippen LogP contribution is -2.46. The van der Waals surface area contributed by atoms with Gasteiger partial charge in [-0.2, -0.15) is 0 Å². The number of ether oxygens (including phenoxy) is 1. The molecule has 8 heteroatoms. The van der Waals surface area contributed by atoms with Gasteiger partial charge < -0.3 is 15.2 Å². The van der Waals surface area contributed by atoms with E-state index in [0.717, 1.165) is 31.5 Å². The van der Waals surface area contributed by atoms with Crippen LogP contribution in [0.2, 0.25) is 10.0 Å². The summed E-state index contributed by atoms with van der Waals surface area (Å²) in [5.41, 5.74) is 0.587. The van der Waals surface area contributed by atoms with E-state index in [1.54, 1.807) is 42.5 Å². The quantitative estimate of drug-likeness (QED) is 0.432. The number of carbonyl (C=O) groups excluding carboxylic acids is 1. The average Bonchev–Trinajstić information content (AvgIpc) is 3.14. The van der Waals surface area contributed by atoms with Gasteiger partial charge in [0.2, 0.25) is 0 Å². The number of piperidine rings is 1. The zero-order chi connectivity index (χ0) is 25.4. The number of nitrogens with zero attached hydrogens (tertiary/aromatic N) is 1. The Hall–Kier alpha value is -2.48. The highest BCUT2D eigenvalue weighted by Crippen LogP contribution is 2.48. The molecule has 0 saturated carbocycles. The minimum atomic E-state index is -1.51. The van der Waals surface area contributed by atoms with Gasteiger partial charge in [0.1, 0.15) is 5.82 Å². The predicted octanol–water partition coefficient (Wildman–Crippen LogP) is 5.67. The molecule has 2 N–H and O–H groups in total. The van der Waals surface area contributed by atoms with Gasteiger partial charge >= 0.3 is 0 Å². The monoisotopic (exact) mass is 528 g/mol. The predicted molar refractivity (Wildman–Crippen MR) is 138 cm³/mol. The first kappa shape index (κ1) is 25.2. The molecule has 36 heavy (non-hydrogen) atoms. The van der Waals surface area contributed by atoms with Crippen LogP contribution < -0.4 is 5.32 Å². The van der Waals surface area contributed by atoms with Gasteiger partial charge in [0.05, 0.1) is 17.2 Å². The van der Waals surface area contributed by atoms with E-state index in [0.29, 0.717) is 21.2 Å². The highest BCUT2D eigenvalue weighted by atomic mass is 35.5. The average molecular weight is 529 g/mol. The molecule has 2 heterocycles. The van der Waals surface area contributed by atoms with Crippen LogP contribution in [-0.4, -0.2) is 36.1 Å². The summed E-state index contributed by atoms with van der Waals surface area (Å²) in [6.45, 7) is 1.76. The fourth-order valence-electron chi connectivity index (χ4n) is 5.43. The number of carbonyl (C=O) groups is 1. The molecule has 2 unspecified atom stereocenters. The smallest absolute Gasteiger partial charge is 0.257 e. The van der Waals surface area contributed by atoms with Crippen LogP contribution in [0.5, 0.6) is 0 Å². The molecule has 0 bridgehead atoms. The second-order valence-electron chi connectivity index (χ2n) is 9.33. The summed E-state index contributed by atoms with van der Waals surface area (Å²) in [5, 5.41) is 15.4. The number of nitrogens with one attached hydrogen (secondary N) is 1. The first-order chi connectivity index (χ1) is 17.3. The standard InChI is InChI=1S/C28H27Cl2FN2O3/c1-36-28(20-4-8-22(30)9-5-20)25-23(27(35)33(28)16-17-2-6-21(29)7-3-17)14-19(15-24(25)31)26(34)18-10-12-32-13-11-18/h2-9,14-15,18,26,32,34H,10-13,16H2,1H3. The van der Waals surface area contributed by atoms with E-state index in [4.69, 9.17) is 27.9 Å². The maximum atomic E-state index is 16.0. The van der Waals surface area contributed by atoms with E-state index in [9.17, 15) is 9.90 Å². The summed E-state index contributed by atoms with van der Waals surface area (Å²) in [5.74, 6) is -0.983. The molecule has 1 amide bonds. The van der Waals surface area contributed by atoms with Crippen LogP contribution in [0.4, 0.5) is 4.39 Å². The molecular weight excluding hydrogens is 502 g/mol. The van der Waals surface area contributed by atoms with Crippen LogP contribution in [0.25, 0.3) is 0 Å². The molecule has 5 nitrogen and oxygen atoms in total. The maximum Gasteiger partial charge on any atom is 0.257 e. The molecule has 0 aromatic heterocycles. The SMILES string of the molecule is COC1(c2ccc(Cl)cc2)c2c(F)cc(C(O)C3CCNCC3)cc2C(=O)N1Cc1ccc(Cl)cc1. The lowest BCUT2D eigenvalue weighted by Gasteiger charge is -2.38. The number of rotatable bonds is 6. The Bertz CT molecular complexity index is 1260. The van der Waals surface area contributed by atoms with Gasteiger partial charge in [0.25, 0.3) is 5.91 Å². The Morgan fingerprint density at radius 2 is 1.69 bits per heavy atom. The van der Waals surface area contributed by atoms with Gasteiger partial charge in [-0.3, -0.25) is 9.69 Å². The van der Waals surface area contributed by atoms with Crippen molar-refractivity contribution < 1.29 is 19.0 Å². The molecule has 1 fully saturated rings. The molecule has 0 spiro atoms. The van der Waals surface area contributed by atoms with E-state index >= 15 is 4.39 Å². The van der Waals surface area contributed by atoms with Crippen molar-refractivity contribution in [2.45, 2.75) is 31.2 Å². The van der Waals surface area contributed by atoms with Crippen LogP contribution in [-0.2, 0) is 17.0 Å². The number of hydrogen-bond donors (Lipinski definition) is 2. The van der Waals surface area contributed by atoms with Gasteiger partial charge in [-0.15, -0.1) is 0 Å². The number of halogens is 3. The zero-order valence-electron chi connectivity index (χ0n) is 19.8. The van der Waals surface area contributed by atoms with Crippen molar-refractivity contribution >= 4 is 29.1 Å². The maximum absolute atomic E-state index is 16.0. The Kier molecular flexibility index (Phi) is 7.07. The molecule has 188 valence electrons. The summed E-state index contributed by atoms with van der Waals surface area (Å²) in [7, 11) is 1.46. The molecule has 2 aliphatic heterocycles. The van der Waals surface area contributed by atoms with Crippen molar-refractivity contribution in [1.82, 2.24) is 10.2 Å². The number of hydrogen-bond acceptors (Lipinski definition) is 4. The number of methoxy groups -OCH3 is 1. The number of aliphatic hydroxyl groups is 1. The number of amides is 1. The van der Waals surface area contributed by atoms with E-state index in [2.05, 4.69) is 5.32 Å². The molecule has 3 aromatic rings. The van der Waals surface area contributed by atoms with Crippen LogP contribution in [0, 0.1) is 11.7 Å². The van der Waals surface area contributed by atoms with E-state index in [1.807, 2.05) is 12.1 Å². The van der Waals surface area contributed by atoms with Crippen molar-refractivity contribution in [3.63, 3.8) is 0 Å². The summed E-state index contributed by atoms with van der Waals surface area (Å²) in [6.07, 6.45) is 0.699. The van der Waals surface area contributed by atoms with Gasteiger partial charge in [-0.25, -0.2) is 4.39 Å². The Labute approximate surface area is 219 Å². The highest BCUT2D eigenvalue weighted by Gasteiger charge is 2.54. The Balaban J connectivity index is 1.65. The summed E-state index contributed by atoms with van der Waals surface area (Å²) in [6, 6.07) is 17.0. The molecule has 5 rings (SSSR count). The van der Waals surface area contributed by atoms with Crippen molar-refractivity contribution in [1.29, 1.82) is 0 Å². The molecule has 0 aliphatic carbocycles. The Morgan fingerprint density at radius 3 is 2.31 bits per heavy atom. The van der Waals surface area contributed by atoms with Crippen LogP contribution in [0.3, 0.4) is 0 Å². The Morgan fingerprint density at radius 1 is 1.08 bits per heavy atom. The van der Waals surface area contributed by atoms with Crippen molar-refractivity contribution in [2.75, 3.05) is 20.2 Å².